The molecule has 2 rings (SSSR count). The Morgan fingerprint density at radius 2 is 2.11 bits per heavy atom. The molecule has 0 amide bonds. The number of aromatic nitrogens is 2. The molecule has 0 bridgehead atoms. The van der Waals surface area contributed by atoms with E-state index in [4.69, 9.17) is 4.74 Å². The molecule has 0 atom stereocenters. The van der Waals surface area contributed by atoms with Crippen molar-refractivity contribution in [2.75, 3.05) is 12.4 Å². The lowest BCUT2D eigenvalue weighted by molar-refractivity contribution is 0.394. The topological polar surface area (TPSA) is 47.0 Å². The zero-order valence-electron chi connectivity index (χ0n) is 10.6. The first-order valence-electron chi connectivity index (χ1n) is 5.76. The zero-order chi connectivity index (χ0) is 13.8. The third-order valence-electron chi connectivity index (χ3n) is 2.60. The standard InChI is InChI=1S/C13H13Br2N3O/c1-3-8-6-9(14)4-5-11(8)17-13-16-7-10(15)12(18-13)19-2/h4-7H,3H2,1-2H3,(H,16,17,18). The Morgan fingerprint density at radius 3 is 2.79 bits per heavy atom. The van der Waals surface area contributed by atoms with Gasteiger partial charge in [-0.05, 0) is 46.1 Å². The van der Waals surface area contributed by atoms with E-state index in [1.807, 2.05) is 12.1 Å². The summed E-state index contributed by atoms with van der Waals surface area (Å²) in [5.41, 5.74) is 2.19. The van der Waals surface area contributed by atoms with Crippen LogP contribution < -0.4 is 10.1 Å². The minimum Gasteiger partial charge on any atom is -0.480 e. The molecule has 19 heavy (non-hydrogen) atoms. The largest absolute Gasteiger partial charge is 0.480 e. The van der Waals surface area contributed by atoms with Gasteiger partial charge < -0.3 is 10.1 Å². The minimum absolute atomic E-state index is 0.507. The monoisotopic (exact) mass is 385 g/mol. The summed E-state index contributed by atoms with van der Waals surface area (Å²) in [5.74, 6) is 1.02. The first-order valence-corrected chi connectivity index (χ1v) is 7.34. The molecule has 1 aromatic heterocycles. The molecule has 1 aromatic carbocycles. The summed E-state index contributed by atoms with van der Waals surface area (Å²) in [7, 11) is 1.58. The van der Waals surface area contributed by atoms with Gasteiger partial charge in [0.05, 0.1) is 17.8 Å². The van der Waals surface area contributed by atoms with Gasteiger partial charge in [-0.15, -0.1) is 0 Å². The maximum absolute atomic E-state index is 5.15. The molecule has 0 spiro atoms. The maximum atomic E-state index is 5.15. The number of aryl methyl sites for hydroxylation is 1. The summed E-state index contributed by atoms with van der Waals surface area (Å²) in [4.78, 5) is 8.50. The van der Waals surface area contributed by atoms with Gasteiger partial charge in [-0.2, -0.15) is 4.98 Å². The van der Waals surface area contributed by atoms with Gasteiger partial charge in [0.15, 0.2) is 0 Å². The van der Waals surface area contributed by atoms with Gasteiger partial charge >= 0.3 is 0 Å². The summed E-state index contributed by atoms with van der Waals surface area (Å²) >= 11 is 6.80. The molecule has 0 unspecified atom stereocenters. The van der Waals surface area contributed by atoms with E-state index in [1.165, 1.54) is 5.56 Å². The molecule has 0 saturated carbocycles. The Morgan fingerprint density at radius 1 is 1.32 bits per heavy atom. The quantitative estimate of drug-likeness (QED) is 0.850. The highest BCUT2D eigenvalue weighted by molar-refractivity contribution is 9.10. The van der Waals surface area contributed by atoms with Gasteiger partial charge in [-0.25, -0.2) is 4.98 Å². The number of nitrogens with one attached hydrogen (secondary N) is 1. The highest BCUT2D eigenvalue weighted by Gasteiger charge is 2.07. The SMILES string of the molecule is CCc1cc(Br)ccc1Nc1ncc(Br)c(OC)n1. The average molecular weight is 387 g/mol. The van der Waals surface area contributed by atoms with Gasteiger partial charge in [0, 0.05) is 10.2 Å². The van der Waals surface area contributed by atoms with E-state index in [0.29, 0.717) is 11.8 Å². The highest BCUT2D eigenvalue weighted by Crippen LogP contribution is 2.26. The van der Waals surface area contributed by atoms with Crippen molar-refractivity contribution in [2.45, 2.75) is 13.3 Å². The lowest BCUT2D eigenvalue weighted by Gasteiger charge is -2.11. The minimum atomic E-state index is 0.507. The van der Waals surface area contributed by atoms with Crippen molar-refractivity contribution in [3.05, 3.63) is 38.9 Å². The molecule has 2 aromatic rings. The molecule has 0 aliphatic carbocycles. The van der Waals surface area contributed by atoms with Gasteiger partial charge in [0.25, 0.3) is 0 Å². The van der Waals surface area contributed by atoms with Crippen LogP contribution in [0.1, 0.15) is 12.5 Å². The molecule has 0 aliphatic heterocycles. The van der Waals surface area contributed by atoms with E-state index in [2.05, 4.69) is 60.1 Å². The fourth-order valence-electron chi connectivity index (χ4n) is 1.65. The molecular formula is C13H13Br2N3O. The van der Waals surface area contributed by atoms with Gasteiger partial charge in [-0.3, -0.25) is 0 Å². The third-order valence-corrected chi connectivity index (χ3v) is 3.64. The van der Waals surface area contributed by atoms with E-state index in [-0.39, 0.29) is 0 Å². The van der Waals surface area contributed by atoms with Crippen molar-refractivity contribution in [2.24, 2.45) is 0 Å². The number of ether oxygens (including phenoxy) is 1. The third kappa shape index (κ3) is 3.45. The Kier molecular flexibility index (Phi) is 4.76. The summed E-state index contributed by atoms with van der Waals surface area (Å²) in [6, 6.07) is 6.07. The van der Waals surface area contributed by atoms with E-state index in [1.54, 1.807) is 13.3 Å². The van der Waals surface area contributed by atoms with Crippen molar-refractivity contribution in [1.29, 1.82) is 0 Å². The fourth-order valence-corrected chi connectivity index (χ4v) is 2.41. The van der Waals surface area contributed by atoms with Crippen LogP contribution in [0.3, 0.4) is 0 Å². The van der Waals surface area contributed by atoms with Crippen LogP contribution in [0, 0.1) is 0 Å². The Bertz CT molecular complexity index is 590. The lowest BCUT2D eigenvalue weighted by atomic mass is 10.1. The van der Waals surface area contributed by atoms with Gasteiger partial charge in [0.1, 0.15) is 0 Å². The van der Waals surface area contributed by atoms with Crippen LogP contribution in [-0.2, 0) is 6.42 Å². The van der Waals surface area contributed by atoms with E-state index >= 15 is 0 Å². The number of nitrogens with zero attached hydrogens (tertiary/aromatic N) is 2. The maximum Gasteiger partial charge on any atom is 0.232 e. The van der Waals surface area contributed by atoms with Crippen molar-refractivity contribution in [3.8, 4) is 5.88 Å². The smallest absolute Gasteiger partial charge is 0.232 e. The zero-order valence-corrected chi connectivity index (χ0v) is 13.7. The van der Waals surface area contributed by atoms with Crippen LogP contribution in [0.25, 0.3) is 0 Å². The predicted octanol–water partition coefficient (Wildman–Crippen LogP) is 4.32. The molecule has 0 radical (unpaired) electrons. The van der Waals surface area contributed by atoms with Crippen LogP contribution in [-0.4, -0.2) is 17.1 Å². The number of rotatable bonds is 4. The molecule has 4 nitrogen and oxygen atoms in total. The highest BCUT2D eigenvalue weighted by atomic mass is 79.9. The van der Waals surface area contributed by atoms with Crippen LogP contribution in [0.2, 0.25) is 0 Å². The van der Waals surface area contributed by atoms with Crippen molar-refractivity contribution < 1.29 is 4.74 Å². The average Bonchev–Trinajstić information content (AvgIpc) is 2.42. The normalized spacial score (nSPS) is 10.3. The summed E-state index contributed by atoms with van der Waals surface area (Å²) in [6.07, 6.45) is 2.59. The number of hydrogen-bond acceptors (Lipinski definition) is 4. The van der Waals surface area contributed by atoms with Crippen LogP contribution in [0.15, 0.2) is 33.3 Å². The molecule has 6 heteroatoms. The van der Waals surface area contributed by atoms with Crippen molar-refractivity contribution in [1.82, 2.24) is 9.97 Å². The predicted molar refractivity (Wildman–Crippen MR) is 83.1 cm³/mol. The molecule has 0 aliphatic rings. The molecule has 1 heterocycles. The Labute approximate surface area is 128 Å². The molecule has 0 saturated heterocycles. The summed E-state index contributed by atoms with van der Waals surface area (Å²) in [6.45, 7) is 2.11. The second kappa shape index (κ2) is 6.34. The number of benzene rings is 1. The Hall–Kier alpha value is -1.14. The number of methoxy groups -OCH3 is 1. The number of halogens is 2. The van der Waals surface area contributed by atoms with E-state index in [0.717, 1.165) is 21.1 Å². The van der Waals surface area contributed by atoms with Crippen LogP contribution >= 0.6 is 31.9 Å². The van der Waals surface area contributed by atoms with Gasteiger partial charge in [-0.1, -0.05) is 22.9 Å². The Balaban J connectivity index is 2.30. The van der Waals surface area contributed by atoms with Crippen molar-refractivity contribution >= 4 is 43.5 Å². The molecular weight excluding hydrogens is 374 g/mol. The van der Waals surface area contributed by atoms with Crippen LogP contribution in [0.4, 0.5) is 11.6 Å². The first-order chi connectivity index (χ1) is 9.13. The second-order valence-corrected chi connectivity index (χ2v) is 5.60. The summed E-state index contributed by atoms with van der Waals surface area (Å²) in [5, 5.41) is 3.21. The second-order valence-electron chi connectivity index (χ2n) is 3.83. The summed E-state index contributed by atoms with van der Waals surface area (Å²) < 4.78 is 6.94. The van der Waals surface area contributed by atoms with Crippen molar-refractivity contribution in [3.63, 3.8) is 0 Å². The number of hydrogen-bond donors (Lipinski definition) is 1. The molecule has 100 valence electrons. The van der Waals surface area contributed by atoms with Gasteiger partial charge in [0.2, 0.25) is 11.8 Å². The molecule has 1 N–H and O–H groups in total. The fraction of sp³-hybridized carbons (Fsp3) is 0.231. The van der Waals surface area contributed by atoms with E-state index < -0.39 is 0 Å². The lowest BCUT2D eigenvalue weighted by Crippen LogP contribution is -2.01. The van der Waals surface area contributed by atoms with E-state index in [9.17, 15) is 0 Å². The van der Waals surface area contributed by atoms with Crippen LogP contribution in [0.5, 0.6) is 5.88 Å². The first kappa shape index (κ1) is 14.3. The molecule has 0 fully saturated rings. The number of anilines is 2.